The summed E-state index contributed by atoms with van der Waals surface area (Å²) in [5, 5.41) is 16.8. The first-order valence-corrected chi connectivity index (χ1v) is 3.87. The largest absolute Gasteiger partial charge is 0.481 e. The molecule has 0 aliphatic rings. The minimum absolute atomic E-state index is 0.0362. The fraction of sp³-hybridized carbons (Fsp3) is 0.750. The summed E-state index contributed by atoms with van der Waals surface area (Å²) in [6.07, 6.45) is 0.0723. The molecule has 12 heavy (non-hydrogen) atoms. The zero-order valence-corrected chi connectivity index (χ0v) is 7.28. The van der Waals surface area contributed by atoms with Gasteiger partial charge in [0, 0.05) is 12.8 Å². The lowest BCUT2D eigenvalue weighted by Gasteiger charge is -2.15. The van der Waals surface area contributed by atoms with Crippen molar-refractivity contribution in [3.8, 4) is 0 Å². The minimum atomic E-state index is -0.875. The number of hydrogen-bond acceptors (Lipinski definition) is 2. The summed E-state index contributed by atoms with van der Waals surface area (Å²) in [5.74, 6) is -1.92. The molecule has 0 aromatic rings. The number of hydrogen-bond donors (Lipinski definition) is 2. The Morgan fingerprint density at radius 2 is 1.25 bits per heavy atom. The molecule has 0 aromatic carbocycles. The molecule has 0 saturated heterocycles. The van der Waals surface area contributed by atoms with Gasteiger partial charge >= 0.3 is 11.9 Å². The Bertz CT molecular complexity index is 156. The maximum Gasteiger partial charge on any atom is 0.303 e. The lowest BCUT2D eigenvalue weighted by atomic mass is 9.90. The summed E-state index contributed by atoms with van der Waals surface area (Å²) in [4.78, 5) is 20.5. The Kier molecular flexibility index (Phi) is 4.33. The minimum Gasteiger partial charge on any atom is -0.481 e. The summed E-state index contributed by atoms with van der Waals surface area (Å²) >= 11 is 0. The summed E-state index contributed by atoms with van der Waals surface area (Å²) in [5.41, 5.74) is 0. The van der Waals surface area contributed by atoms with E-state index in [1.807, 2.05) is 0 Å². The molecule has 0 heterocycles. The van der Waals surface area contributed by atoms with Gasteiger partial charge in [0.1, 0.15) is 0 Å². The van der Waals surface area contributed by atoms with Gasteiger partial charge in [0.15, 0.2) is 0 Å². The molecular formula is C8H14O4. The van der Waals surface area contributed by atoms with Gasteiger partial charge in [-0.2, -0.15) is 0 Å². The van der Waals surface area contributed by atoms with Crippen LogP contribution in [0.15, 0.2) is 0 Å². The van der Waals surface area contributed by atoms with Crippen molar-refractivity contribution in [2.45, 2.75) is 26.7 Å². The summed E-state index contributed by atoms with van der Waals surface area (Å²) in [6.45, 7) is 3.50. The Morgan fingerprint density at radius 3 is 1.42 bits per heavy atom. The second-order valence-corrected chi connectivity index (χ2v) is 3.15. The summed E-state index contributed by atoms with van der Waals surface area (Å²) < 4.78 is 0. The quantitative estimate of drug-likeness (QED) is 0.656. The van der Waals surface area contributed by atoms with Gasteiger partial charge in [-0.25, -0.2) is 0 Å². The van der Waals surface area contributed by atoms with Crippen LogP contribution in [-0.4, -0.2) is 22.2 Å². The van der Waals surface area contributed by atoms with E-state index in [-0.39, 0.29) is 24.7 Å². The molecule has 0 aliphatic heterocycles. The molecule has 0 bridgehead atoms. The number of aliphatic carboxylic acids is 2. The van der Waals surface area contributed by atoms with E-state index in [4.69, 9.17) is 10.2 Å². The van der Waals surface area contributed by atoms with E-state index in [0.29, 0.717) is 0 Å². The van der Waals surface area contributed by atoms with E-state index >= 15 is 0 Å². The molecule has 0 amide bonds. The van der Waals surface area contributed by atoms with E-state index < -0.39 is 11.9 Å². The molecule has 0 radical (unpaired) electrons. The van der Waals surface area contributed by atoms with E-state index in [0.717, 1.165) is 0 Å². The number of rotatable bonds is 5. The topological polar surface area (TPSA) is 74.6 Å². The number of carbonyl (C=O) groups is 2. The lowest BCUT2D eigenvalue weighted by molar-refractivity contribution is -0.141. The zero-order valence-electron chi connectivity index (χ0n) is 7.28. The first-order chi connectivity index (χ1) is 5.43. The second kappa shape index (κ2) is 4.74. The van der Waals surface area contributed by atoms with Crippen LogP contribution in [0.5, 0.6) is 0 Å². The van der Waals surface area contributed by atoms with Crippen LogP contribution in [-0.2, 0) is 9.59 Å². The standard InChI is InChI=1S/C8H14O4/c1-5(3-7(9)10)6(2)4-8(11)12/h5-6H,3-4H2,1-2H3,(H,9,10)(H,11,12)/t5-,6?/m0/s1. The molecule has 2 atom stereocenters. The number of carboxylic acid groups (broad SMARTS) is 2. The van der Waals surface area contributed by atoms with Crippen LogP contribution in [0.1, 0.15) is 26.7 Å². The van der Waals surface area contributed by atoms with Gasteiger partial charge in [-0.05, 0) is 11.8 Å². The first-order valence-electron chi connectivity index (χ1n) is 3.87. The molecule has 0 aliphatic carbocycles. The van der Waals surface area contributed by atoms with Gasteiger partial charge < -0.3 is 10.2 Å². The van der Waals surface area contributed by atoms with Gasteiger partial charge in [0.25, 0.3) is 0 Å². The number of carboxylic acids is 2. The van der Waals surface area contributed by atoms with Gasteiger partial charge in [-0.15, -0.1) is 0 Å². The van der Waals surface area contributed by atoms with Crippen molar-refractivity contribution in [2.24, 2.45) is 11.8 Å². The van der Waals surface area contributed by atoms with Gasteiger partial charge in [-0.1, -0.05) is 13.8 Å². The highest BCUT2D eigenvalue weighted by molar-refractivity contribution is 5.68. The second-order valence-electron chi connectivity index (χ2n) is 3.15. The smallest absolute Gasteiger partial charge is 0.303 e. The SMILES string of the molecule is CC(CC(=O)O)[C@@H](C)CC(=O)O. The Labute approximate surface area is 71.2 Å². The fourth-order valence-corrected chi connectivity index (χ4v) is 0.953. The average molecular weight is 174 g/mol. The van der Waals surface area contributed by atoms with E-state index in [9.17, 15) is 9.59 Å². The van der Waals surface area contributed by atoms with E-state index in [1.54, 1.807) is 13.8 Å². The fourth-order valence-electron chi connectivity index (χ4n) is 0.953. The molecule has 2 N–H and O–H groups in total. The van der Waals surface area contributed by atoms with E-state index in [1.165, 1.54) is 0 Å². The third-order valence-electron chi connectivity index (χ3n) is 1.96. The summed E-state index contributed by atoms with van der Waals surface area (Å²) in [6, 6.07) is 0. The molecule has 1 unspecified atom stereocenters. The Balaban J connectivity index is 3.83. The highest BCUT2D eigenvalue weighted by Crippen LogP contribution is 2.18. The van der Waals surface area contributed by atoms with Crippen LogP contribution in [0.4, 0.5) is 0 Å². The molecule has 0 rings (SSSR count). The third-order valence-corrected chi connectivity index (χ3v) is 1.96. The molecule has 4 nitrogen and oxygen atoms in total. The van der Waals surface area contributed by atoms with Crippen LogP contribution in [0.2, 0.25) is 0 Å². The molecule has 0 fully saturated rings. The average Bonchev–Trinajstić information content (AvgIpc) is 1.84. The molecule has 70 valence electrons. The summed E-state index contributed by atoms with van der Waals surface area (Å²) in [7, 11) is 0. The zero-order chi connectivity index (χ0) is 9.72. The van der Waals surface area contributed by atoms with Gasteiger partial charge in [-0.3, -0.25) is 9.59 Å². The van der Waals surface area contributed by atoms with Crippen molar-refractivity contribution in [3.63, 3.8) is 0 Å². The van der Waals surface area contributed by atoms with Crippen molar-refractivity contribution >= 4 is 11.9 Å². The van der Waals surface area contributed by atoms with Crippen molar-refractivity contribution in [1.82, 2.24) is 0 Å². The predicted molar refractivity (Wildman–Crippen MR) is 42.8 cm³/mol. The van der Waals surface area contributed by atoms with E-state index in [2.05, 4.69) is 0 Å². The maximum atomic E-state index is 10.3. The van der Waals surface area contributed by atoms with Crippen LogP contribution < -0.4 is 0 Å². The maximum absolute atomic E-state index is 10.3. The highest BCUT2D eigenvalue weighted by Gasteiger charge is 2.17. The van der Waals surface area contributed by atoms with Gasteiger partial charge in [0.2, 0.25) is 0 Å². The normalized spacial score (nSPS) is 15.2. The van der Waals surface area contributed by atoms with Crippen molar-refractivity contribution < 1.29 is 19.8 Å². The molecular weight excluding hydrogens is 160 g/mol. The van der Waals surface area contributed by atoms with Crippen molar-refractivity contribution in [2.75, 3.05) is 0 Å². The first kappa shape index (κ1) is 10.9. The van der Waals surface area contributed by atoms with Crippen LogP contribution in [0, 0.1) is 11.8 Å². The van der Waals surface area contributed by atoms with Crippen molar-refractivity contribution in [3.05, 3.63) is 0 Å². The molecule has 0 spiro atoms. The van der Waals surface area contributed by atoms with Crippen LogP contribution in [0.25, 0.3) is 0 Å². The van der Waals surface area contributed by atoms with Crippen LogP contribution in [0.3, 0.4) is 0 Å². The monoisotopic (exact) mass is 174 g/mol. The molecule has 0 saturated carbocycles. The Morgan fingerprint density at radius 1 is 1.00 bits per heavy atom. The Hall–Kier alpha value is -1.06. The highest BCUT2D eigenvalue weighted by atomic mass is 16.4. The lowest BCUT2D eigenvalue weighted by Crippen LogP contribution is -2.16. The third kappa shape index (κ3) is 4.71. The van der Waals surface area contributed by atoms with Crippen LogP contribution >= 0.6 is 0 Å². The molecule has 4 heteroatoms. The van der Waals surface area contributed by atoms with Gasteiger partial charge in [0.05, 0.1) is 0 Å². The van der Waals surface area contributed by atoms with Crippen molar-refractivity contribution in [1.29, 1.82) is 0 Å². The molecule has 0 aromatic heterocycles. The predicted octanol–water partition coefficient (Wildman–Crippen LogP) is 1.21.